The molecular weight excluding hydrogens is 590 g/mol. The van der Waals surface area contributed by atoms with Crippen molar-refractivity contribution < 1.29 is 19.1 Å². The fraction of sp³-hybridized carbons (Fsp3) is 0.0938. The van der Waals surface area contributed by atoms with E-state index in [2.05, 4.69) is 15.6 Å². The van der Waals surface area contributed by atoms with Gasteiger partial charge in [0, 0.05) is 26.5 Å². The molecule has 0 fully saturated rings. The van der Waals surface area contributed by atoms with Crippen LogP contribution in [-0.4, -0.2) is 31.0 Å². The number of aromatic nitrogens is 1. The molecule has 1 aromatic heterocycles. The maximum absolute atomic E-state index is 13.6. The number of nitrogens with one attached hydrogen (secondary N) is 2. The summed E-state index contributed by atoms with van der Waals surface area (Å²) >= 11 is 8.74. The number of hydrogen-bond donors (Lipinski definition) is 2. The highest BCUT2D eigenvalue weighted by Gasteiger charge is 2.24. The lowest BCUT2D eigenvalue weighted by molar-refractivity contribution is -0.115. The van der Waals surface area contributed by atoms with Gasteiger partial charge in [-0.1, -0.05) is 66.2 Å². The maximum Gasteiger partial charge on any atom is 0.263 e. The third-order valence-electron chi connectivity index (χ3n) is 6.22. The van der Waals surface area contributed by atoms with Crippen molar-refractivity contribution in [1.29, 1.82) is 0 Å². The average molecular weight is 616 g/mol. The molecule has 0 saturated carbocycles. The Bertz CT molecular complexity index is 1670. The van der Waals surface area contributed by atoms with Gasteiger partial charge < -0.3 is 20.1 Å². The summed E-state index contributed by atoms with van der Waals surface area (Å²) in [6.45, 7) is 0. The minimum absolute atomic E-state index is 0.212. The first-order chi connectivity index (χ1) is 20.4. The number of thioether (sulfide) groups is 1. The lowest BCUT2D eigenvalue weighted by Crippen LogP contribution is -2.19. The van der Waals surface area contributed by atoms with E-state index in [1.54, 1.807) is 36.4 Å². The second-order valence-corrected chi connectivity index (χ2v) is 11.4. The summed E-state index contributed by atoms with van der Waals surface area (Å²) in [6.07, 6.45) is 0. The van der Waals surface area contributed by atoms with E-state index in [1.807, 2.05) is 66.0 Å². The van der Waals surface area contributed by atoms with Gasteiger partial charge in [0.05, 0.1) is 19.9 Å². The van der Waals surface area contributed by atoms with Gasteiger partial charge in [-0.05, 0) is 48.0 Å². The molecule has 2 N–H and O–H groups in total. The summed E-state index contributed by atoms with van der Waals surface area (Å²) in [5, 5.41) is 8.37. The Balaban J connectivity index is 1.35. The number of hydrogen-bond acceptors (Lipinski definition) is 7. The Morgan fingerprint density at radius 1 is 0.857 bits per heavy atom. The molecule has 0 spiro atoms. The smallest absolute Gasteiger partial charge is 0.263 e. The molecule has 2 amide bonds. The maximum atomic E-state index is 13.6. The molecule has 0 aliphatic carbocycles. The summed E-state index contributed by atoms with van der Waals surface area (Å²) in [5.74, 6) is 0.222. The average Bonchev–Trinajstić information content (AvgIpc) is 3.48. The predicted octanol–water partition coefficient (Wildman–Crippen LogP) is 8.21. The van der Waals surface area contributed by atoms with E-state index in [0.717, 1.165) is 21.7 Å². The zero-order valence-corrected chi connectivity index (χ0v) is 25.1. The molecule has 0 bridgehead atoms. The number of halogens is 1. The van der Waals surface area contributed by atoms with Crippen LogP contribution in [0, 0.1) is 0 Å². The molecule has 0 saturated heterocycles. The van der Waals surface area contributed by atoms with E-state index in [0.29, 0.717) is 32.9 Å². The molecule has 212 valence electrons. The molecule has 0 aliphatic heterocycles. The van der Waals surface area contributed by atoms with Crippen LogP contribution in [0.25, 0.3) is 11.3 Å². The Morgan fingerprint density at radius 3 is 2.24 bits per heavy atom. The first-order valence-electron chi connectivity index (χ1n) is 12.8. The third-order valence-corrected chi connectivity index (χ3v) is 8.47. The molecule has 1 heterocycles. The number of anilines is 2. The number of carbonyl (C=O) groups is 2. The quantitative estimate of drug-likeness (QED) is 0.154. The number of rotatable bonds is 10. The van der Waals surface area contributed by atoms with Gasteiger partial charge >= 0.3 is 0 Å². The second kappa shape index (κ2) is 13.6. The summed E-state index contributed by atoms with van der Waals surface area (Å²) in [4.78, 5) is 32.2. The first-order valence-corrected chi connectivity index (χ1v) is 14.9. The number of thiazole rings is 1. The molecule has 5 rings (SSSR count). The number of amides is 2. The van der Waals surface area contributed by atoms with Crippen LogP contribution in [0.2, 0.25) is 5.02 Å². The predicted molar refractivity (Wildman–Crippen MR) is 170 cm³/mol. The van der Waals surface area contributed by atoms with E-state index in [9.17, 15) is 9.59 Å². The lowest BCUT2D eigenvalue weighted by Gasteiger charge is -2.17. The van der Waals surface area contributed by atoms with Crippen molar-refractivity contribution in [2.24, 2.45) is 0 Å². The van der Waals surface area contributed by atoms with Gasteiger partial charge in [-0.15, -0.1) is 23.1 Å². The van der Waals surface area contributed by atoms with Crippen LogP contribution in [0.15, 0.2) is 107 Å². The Labute approximate surface area is 256 Å². The summed E-state index contributed by atoms with van der Waals surface area (Å²) in [6, 6.07) is 29.4. The van der Waals surface area contributed by atoms with Gasteiger partial charge in [0.15, 0.2) is 5.13 Å². The lowest BCUT2D eigenvalue weighted by atomic mass is 10.1. The van der Waals surface area contributed by atoms with Crippen molar-refractivity contribution >= 4 is 57.3 Å². The highest BCUT2D eigenvalue weighted by atomic mass is 35.5. The van der Waals surface area contributed by atoms with E-state index in [1.165, 1.54) is 37.3 Å². The number of benzene rings is 4. The first kappa shape index (κ1) is 29.2. The normalized spacial score (nSPS) is 11.4. The van der Waals surface area contributed by atoms with Gasteiger partial charge in [-0.25, -0.2) is 4.98 Å². The molecule has 10 heteroatoms. The fourth-order valence-corrected chi connectivity index (χ4v) is 6.14. The van der Waals surface area contributed by atoms with Crippen LogP contribution >= 0.6 is 34.7 Å². The van der Waals surface area contributed by atoms with Gasteiger partial charge in [0.1, 0.15) is 22.3 Å². The fourth-order valence-electron chi connectivity index (χ4n) is 4.21. The van der Waals surface area contributed by atoms with Crippen LogP contribution < -0.4 is 20.1 Å². The molecule has 0 aliphatic rings. The zero-order chi connectivity index (χ0) is 29.5. The van der Waals surface area contributed by atoms with Gasteiger partial charge in [0.2, 0.25) is 5.91 Å². The van der Waals surface area contributed by atoms with Crippen molar-refractivity contribution in [2.75, 3.05) is 24.9 Å². The molecule has 4 aromatic carbocycles. The summed E-state index contributed by atoms with van der Waals surface area (Å²) < 4.78 is 10.8. The van der Waals surface area contributed by atoms with E-state index in [-0.39, 0.29) is 11.8 Å². The highest BCUT2D eigenvalue weighted by Crippen LogP contribution is 2.38. The number of carbonyl (C=O) groups excluding carboxylic acids is 2. The molecule has 7 nitrogen and oxygen atoms in total. The van der Waals surface area contributed by atoms with Crippen LogP contribution in [0.1, 0.15) is 21.2 Å². The van der Waals surface area contributed by atoms with Gasteiger partial charge in [-0.2, -0.15) is 0 Å². The monoisotopic (exact) mass is 615 g/mol. The van der Waals surface area contributed by atoms with Crippen molar-refractivity contribution in [3.8, 4) is 22.8 Å². The molecule has 1 unspecified atom stereocenters. The van der Waals surface area contributed by atoms with Gasteiger partial charge in [0.25, 0.3) is 5.91 Å². The third kappa shape index (κ3) is 6.94. The second-order valence-electron chi connectivity index (χ2n) is 8.96. The topological polar surface area (TPSA) is 89.5 Å². The van der Waals surface area contributed by atoms with Gasteiger partial charge in [-0.3, -0.25) is 9.59 Å². The number of methoxy groups -OCH3 is 2. The van der Waals surface area contributed by atoms with Crippen LogP contribution in [0.5, 0.6) is 11.5 Å². The Hall–Kier alpha value is -4.31. The molecule has 42 heavy (non-hydrogen) atoms. The van der Waals surface area contributed by atoms with Crippen molar-refractivity contribution in [3.63, 3.8) is 0 Å². The molecule has 0 radical (unpaired) electrons. The molecule has 5 aromatic rings. The highest BCUT2D eigenvalue weighted by molar-refractivity contribution is 8.00. The number of nitrogens with zero attached hydrogens (tertiary/aromatic N) is 1. The van der Waals surface area contributed by atoms with E-state index < -0.39 is 5.25 Å². The minimum Gasteiger partial charge on any atom is -0.496 e. The van der Waals surface area contributed by atoms with E-state index in [4.69, 9.17) is 21.1 Å². The van der Waals surface area contributed by atoms with E-state index >= 15 is 0 Å². The zero-order valence-electron chi connectivity index (χ0n) is 22.7. The summed E-state index contributed by atoms with van der Waals surface area (Å²) in [5.41, 5.74) is 3.37. The largest absolute Gasteiger partial charge is 0.496 e. The Morgan fingerprint density at radius 2 is 1.55 bits per heavy atom. The Kier molecular flexibility index (Phi) is 9.43. The molecular formula is C32H26ClN3O4S2. The van der Waals surface area contributed by atoms with Crippen molar-refractivity contribution in [1.82, 2.24) is 4.98 Å². The SMILES string of the molecule is COc1cccc(OC)c1C(=O)Nc1cccc(SC(C(=O)Nc2nc(-c3ccc(Cl)cc3)cs2)c2ccccc2)c1. The van der Waals surface area contributed by atoms with Crippen molar-refractivity contribution in [2.45, 2.75) is 10.1 Å². The standard InChI is InChI=1S/C32H26ClN3O4S2/c1-39-26-12-7-13-27(40-2)28(26)30(37)34-23-10-6-11-24(18-23)42-29(21-8-4-3-5-9-21)31(38)36-32-35-25(19-41-32)20-14-16-22(33)17-15-20/h3-19,29H,1-2H3,(H,34,37)(H,35,36,38). The van der Waals surface area contributed by atoms with Crippen LogP contribution in [0.4, 0.5) is 10.8 Å². The minimum atomic E-state index is -0.575. The summed E-state index contributed by atoms with van der Waals surface area (Å²) in [7, 11) is 3.00. The van der Waals surface area contributed by atoms with Crippen LogP contribution in [-0.2, 0) is 4.79 Å². The van der Waals surface area contributed by atoms with Crippen LogP contribution in [0.3, 0.4) is 0 Å². The number of ether oxygens (including phenoxy) is 2. The molecule has 1 atom stereocenters. The van der Waals surface area contributed by atoms with Crippen molar-refractivity contribution in [3.05, 3.63) is 119 Å².